The molecule has 0 aliphatic rings. The third-order valence-corrected chi connectivity index (χ3v) is 2.93. The molecule has 0 unspecified atom stereocenters. The second-order valence-electron chi connectivity index (χ2n) is 4.09. The summed E-state index contributed by atoms with van der Waals surface area (Å²) in [5.74, 6) is 0.189. The van der Waals surface area contributed by atoms with Crippen molar-refractivity contribution in [2.24, 2.45) is 0 Å². The summed E-state index contributed by atoms with van der Waals surface area (Å²) < 4.78 is 10.6. The SMILES string of the molecule is COCCOc1ccc(NC(=O)c2ccc[nH]c2=S)cn1. The monoisotopic (exact) mass is 305 g/mol. The number of ether oxygens (including phenoxy) is 2. The second-order valence-corrected chi connectivity index (χ2v) is 4.50. The summed E-state index contributed by atoms with van der Waals surface area (Å²) >= 11 is 5.06. The number of rotatable bonds is 6. The van der Waals surface area contributed by atoms with Crippen molar-refractivity contribution in [2.75, 3.05) is 25.6 Å². The van der Waals surface area contributed by atoms with Gasteiger partial charge in [-0.25, -0.2) is 4.98 Å². The highest BCUT2D eigenvalue weighted by molar-refractivity contribution is 7.71. The van der Waals surface area contributed by atoms with Crippen LogP contribution < -0.4 is 10.1 Å². The van der Waals surface area contributed by atoms with Crippen LogP contribution in [0.3, 0.4) is 0 Å². The fourth-order valence-corrected chi connectivity index (χ4v) is 1.80. The van der Waals surface area contributed by atoms with E-state index in [9.17, 15) is 4.79 Å². The minimum atomic E-state index is -0.285. The number of aromatic amines is 1. The maximum Gasteiger partial charge on any atom is 0.258 e. The van der Waals surface area contributed by atoms with Gasteiger partial charge in [-0.3, -0.25) is 4.79 Å². The van der Waals surface area contributed by atoms with Crippen molar-refractivity contribution in [1.82, 2.24) is 9.97 Å². The maximum atomic E-state index is 12.1. The third-order valence-electron chi connectivity index (χ3n) is 2.59. The van der Waals surface area contributed by atoms with Crippen molar-refractivity contribution < 1.29 is 14.3 Å². The average molecular weight is 305 g/mol. The maximum absolute atomic E-state index is 12.1. The Morgan fingerprint density at radius 3 is 2.90 bits per heavy atom. The molecule has 0 aromatic carbocycles. The van der Waals surface area contributed by atoms with Crippen molar-refractivity contribution >= 4 is 23.8 Å². The second kappa shape index (κ2) is 7.51. The van der Waals surface area contributed by atoms with Gasteiger partial charge in [-0.1, -0.05) is 12.2 Å². The first-order valence-corrected chi connectivity index (χ1v) is 6.68. The Morgan fingerprint density at radius 2 is 2.24 bits per heavy atom. The number of aromatic nitrogens is 2. The largest absolute Gasteiger partial charge is 0.475 e. The Balaban J connectivity index is 1.99. The fourth-order valence-electron chi connectivity index (χ4n) is 1.57. The Labute approximate surface area is 127 Å². The molecule has 0 radical (unpaired) electrons. The van der Waals surface area contributed by atoms with E-state index in [2.05, 4.69) is 15.3 Å². The van der Waals surface area contributed by atoms with E-state index in [-0.39, 0.29) is 5.91 Å². The summed E-state index contributed by atoms with van der Waals surface area (Å²) in [5, 5.41) is 2.73. The van der Waals surface area contributed by atoms with Crippen LogP contribution in [0.5, 0.6) is 5.88 Å². The number of nitrogens with zero attached hydrogens (tertiary/aromatic N) is 1. The topological polar surface area (TPSA) is 76.2 Å². The van der Waals surface area contributed by atoms with Crippen LogP contribution in [0.2, 0.25) is 0 Å². The lowest BCUT2D eigenvalue weighted by molar-refractivity contribution is 0.102. The minimum Gasteiger partial charge on any atom is -0.475 e. The van der Waals surface area contributed by atoms with E-state index in [1.165, 1.54) is 6.20 Å². The Bertz CT molecular complexity index is 655. The fraction of sp³-hybridized carbons (Fsp3) is 0.214. The van der Waals surface area contributed by atoms with Crippen LogP contribution in [0.4, 0.5) is 5.69 Å². The van der Waals surface area contributed by atoms with Crippen molar-refractivity contribution in [3.05, 3.63) is 46.9 Å². The number of hydrogen-bond acceptors (Lipinski definition) is 5. The van der Waals surface area contributed by atoms with Crippen LogP contribution in [0, 0.1) is 4.64 Å². The molecule has 21 heavy (non-hydrogen) atoms. The number of H-pyrrole nitrogens is 1. The molecular formula is C14H15N3O3S. The lowest BCUT2D eigenvalue weighted by atomic mass is 10.2. The molecule has 7 heteroatoms. The first-order chi connectivity index (χ1) is 10.2. The van der Waals surface area contributed by atoms with Crippen LogP contribution >= 0.6 is 12.2 Å². The Morgan fingerprint density at radius 1 is 1.38 bits per heavy atom. The van der Waals surface area contributed by atoms with Gasteiger partial charge in [0.25, 0.3) is 5.91 Å². The van der Waals surface area contributed by atoms with Gasteiger partial charge < -0.3 is 19.8 Å². The normalized spacial score (nSPS) is 10.1. The van der Waals surface area contributed by atoms with Gasteiger partial charge in [0.2, 0.25) is 5.88 Å². The molecule has 2 heterocycles. The third kappa shape index (κ3) is 4.37. The highest BCUT2D eigenvalue weighted by Gasteiger charge is 2.08. The highest BCUT2D eigenvalue weighted by Crippen LogP contribution is 2.13. The number of pyridine rings is 2. The molecule has 0 fully saturated rings. The molecule has 0 bridgehead atoms. The predicted molar refractivity (Wildman–Crippen MR) is 81.2 cm³/mol. The van der Waals surface area contributed by atoms with E-state index in [1.54, 1.807) is 37.6 Å². The number of nitrogens with one attached hydrogen (secondary N) is 2. The molecule has 0 aliphatic heterocycles. The van der Waals surface area contributed by atoms with Crippen LogP contribution in [-0.4, -0.2) is 36.2 Å². The van der Waals surface area contributed by atoms with Gasteiger partial charge >= 0.3 is 0 Å². The van der Waals surface area contributed by atoms with Crippen molar-refractivity contribution in [3.8, 4) is 5.88 Å². The van der Waals surface area contributed by atoms with Crippen molar-refractivity contribution in [1.29, 1.82) is 0 Å². The van der Waals surface area contributed by atoms with E-state index in [4.69, 9.17) is 21.7 Å². The lowest BCUT2D eigenvalue weighted by Crippen LogP contribution is -2.13. The summed E-state index contributed by atoms with van der Waals surface area (Å²) in [7, 11) is 1.60. The summed E-state index contributed by atoms with van der Waals surface area (Å²) in [4.78, 5) is 19.0. The molecule has 0 aliphatic carbocycles. The molecular weight excluding hydrogens is 290 g/mol. The molecule has 0 saturated carbocycles. The zero-order valence-electron chi connectivity index (χ0n) is 11.5. The number of amides is 1. The summed E-state index contributed by atoms with van der Waals surface area (Å²) in [5.41, 5.74) is 0.977. The smallest absolute Gasteiger partial charge is 0.258 e. The number of anilines is 1. The van der Waals surface area contributed by atoms with E-state index in [0.717, 1.165) is 0 Å². The van der Waals surface area contributed by atoms with Gasteiger partial charge in [0, 0.05) is 19.4 Å². The number of carbonyl (C=O) groups excluding carboxylic acids is 1. The molecule has 1 amide bonds. The van der Waals surface area contributed by atoms with E-state index in [0.29, 0.717) is 35.0 Å². The number of methoxy groups -OCH3 is 1. The van der Waals surface area contributed by atoms with Gasteiger partial charge in [0.15, 0.2) is 0 Å². The molecule has 0 spiro atoms. The average Bonchev–Trinajstić information content (AvgIpc) is 2.49. The minimum absolute atomic E-state index is 0.285. The first kappa shape index (κ1) is 15.1. The van der Waals surface area contributed by atoms with E-state index < -0.39 is 0 Å². The number of carbonyl (C=O) groups is 1. The van der Waals surface area contributed by atoms with Crippen LogP contribution in [0.15, 0.2) is 36.7 Å². The molecule has 110 valence electrons. The molecule has 2 N–H and O–H groups in total. The van der Waals surface area contributed by atoms with E-state index >= 15 is 0 Å². The van der Waals surface area contributed by atoms with Gasteiger partial charge in [0.1, 0.15) is 11.2 Å². The standard InChI is InChI=1S/C14H15N3O3S/c1-19-7-8-20-12-5-4-10(9-16-12)17-13(18)11-3-2-6-15-14(11)21/h2-6,9H,7-8H2,1H3,(H,15,21)(H,17,18). The highest BCUT2D eigenvalue weighted by atomic mass is 32.1. The zero-order chi connectivity index (χ0) is 15.1. The summed E-state index contributed by atoms with van der Waals surface area (Å²) in [6.07, 6.45) is 3.20. The van der Waals surface area contributed by atoms with Crippen LogP contribution in [0.1, 0.15) is 10.4 Å². The quantitative estimate of drug-likeness (QED) is 0.633. The molecule has 0 atom stereocenters. The Hall–Kier alpha value is -2.25. The molecule has 2 aromatic heterocycles. The summed E-state index contributed by atoms with van der Waals surface area (Å²) in [6.45, 7) is 0.917. The molecule has 2 rings (SSSR count). The van der Waals surface area contributed by atoms with Crippen molar-refractivity contribution in [2.45, 2.75) is 0 Å². The predicted octanol–water partition coefficient (Wildman–Crippen LogP) is 2.42. The zero-order valence-corrected chi connectivity index (χ0v) is 12.3. The van der Waals surface area contributed by atoms with E-state index in [1.807, 2.05) is 0 Å². The number of hydrogen-bond donors (Lipinski definition) is 2. The van der Waals surface area contributed by atoms with Crippen LogP contribution in [-0.2, 0) is 4.74 Å². The van der Waals surface area contributed by atoms with Gasteiger partial charge in [-0.15, -0.1) is 0 Å². The first-order valence-electron chi connectivity index (χ1n) is 6.27. The molecule has 2 aromatic rings. The van der Waals surface area contributed by atoms with Gasteiger partial charge in [-0.05, 0) is 18.2 Å². The molecule has 0 saturated heterocycles. The van der Waals surface area contributed by atoms with Crippen molar-refractivity contribution in [3.63, 3.8) is 0 Å². The van der Waals surface area contributed by atoms with Crippen LogP contribution in [0.25, 0.3) is 0 Å². The Kier molecular flexibility index (Phi) is 5.42. The molecule has 6 nitrogen and oxygen atoms in total. The summed E-state index contributed by atoms with van der Waals surface area (Å²) in [6, 6.07) is 6.76. The lowest BCUT2D eigenvalue weighted by Gasteiger charge is -2.07. The van der Waals surface area contributed by atoms with Gasteiger partial charge in [-0.2, -0.15) is 0 Å². The van der Waals surface area contributed by atoms with Gasteiger partial charge in [0.05, 0.1) is 24.1 Å².